The van der Waals surface area contributed by atoms with Crippen LogP contribution in [0.1, 0.15) is 5.56 Å². The Labute approximate surface area is 138 Å². The Kier molecular flexibility index (Phi) is 4.85. The third-order valence-corrected chi connectivity index (χ3v) is 4.28. The first-order valence-corrected chi connectivity index (χ1v) is 8.15. The summed E-state index contributed by atoms with van der Waals surface area (Å²) in [6, 6.07) is 17.0. The van der Waals surface area contributed by atoms with Gasteiger partial charge in [-0.05, 0) is 17.7 Å². The minimum Gasteiger partial charge on any atom is -0.391 e. The SMILES string of the molecule is O=C(NCC(O)Cc1ccccc1)Nc1nc2ccccc2s1. The van der Waals surface area contributed by atoms with Crippen molar-refractivity contribution in [3.05, 3.63) is 60.2 Å². The van der Waals surface area contributed by atoms with Crippen molar-refractivity contribution >= 4 is 32.7 Å². The molecule has 6 heteroatoms. The van der Waals surface area contributed by atoms with Crippen molar-refractivity contribution in [1.29, 1.82) is 0 Å². The number of thiazole rings is 1. The van der Waals surface area contributed by atoms with E-state index in [-0.39, 0.29) is 12.6 Å². The Balaban J connectivity index is 1.49. The summed E-state index contributed by atoms with van der Waals surface area (Å²) in [6.07, 6.45) is -0.124. The second-order valence-electron chi connectivity index (χ2n) is 5.17. The molecule has 118 valence electrons. The van der Waals surface area contributed by atoms with Gasteiger partial charge >= 0.3 is 6.03 Å². The van der Waals surface area contributed by atoms with E-state index in [1.54, 1.807) is 0 Å². The molecule has 23 heavy (non-hydrogen) atoms. The Morgan fingerprint density at radius 1 is 1.13 bits per heavy atom. The highest BCUT2D eigenvalue weighted by Crippen LogP contribution is 2.25. The van der Waals surface area contributed by atoms with E-state index in [1.165, 1.54) is 11.3 Å². The molecule has 0 aliphatic carbocycles. The molecule has 0 radical (unpaired) electrons. The number of nitrogens with zero attached hydrogens (tertiary/aromatic N) is 1. The van der Waals surface area contributed by atoms with E-state index in [4.69, 9.17) is 0 Å². The molecule has 0 saturated carbocycles. The van der Waals surface area contributed by atoms with E-state index in [1.807, 2.05) is 54.6 Å². The molecule has 1 aromatic heterocycles. The second kappa shape index (κ2) is 7.21. The van der Waals surface area contributed by atoms with Crippen LogP contribution in [0.3, 0.4) is 0 Å². The van der Waals surface area contributed by atoms with Crippen molar-refractivity contribution in [3.8, 4) is 0 Å². The van der Waals surface area contributed by atoms with Gasteiger partial charge in [0.05, 0.1) is 16.3 Å². The van der Waals surface area contributed by atoms with E-state index in [2.05, 4.69) is 15.6 Å². The maximum absolute atomic E-state index is 11.9. The van der Waals surface area contributed by atoms with Gasteiger partial charge < -0.3 is 10.4 Å². The predicted molar refractivity (Wildman–Crippen MR) is 92.8 cm³/mol. The number of carbonyl (C=O) groups is 1. The first-order chi connectivity index (χ1) is 11.2. The number of urea groups is 1. The van der Waals surface area contributed by atoms with Gasteiger partial charge in [0, 0.05) is 13.0 Å². The van der Waals surface area contributed by atoms with Crippen LogP contribution in [-0.2, 0) is 6.42 Å². The predicted octanol–water partition coefficient (Wildman–Crippen LogP) is 3.02. The number of anilines is 1. The van der Waals surface area contributed by atoms with Crippen LogP contribution in [-0.4, -0.2) is 28.8 Å². The first-order valence-electron chi connectivity index (χ1n) is 7.33. The van der Waals surface area contributed by atoms with Gasteiger partial charge in [-0.2, -0.15) is 0 Å². The standard InChI is InChI=1S/C17H17N3O2S/c21-13(10-12-6-2-1-3-7-12)11-18-16(22)20-17-19-14-8-4-5-9-15(14)23-17/h1-9,13,21H,10-11H2,(H2,18,19,20,22). The number of rotatable bonds is 5. The van der Waals surface area contributed by atoms with Gasteiger partial charge in [-0.15, -0.1) is 0 Å². The Hall–Kier alpha value is -2.44. The van der Waals surface area contributed by atoms with Gasteiger partial charge in [0.25, 0.3) is 0 Å². The van der Waals surface area contributed by atoms with E-state index >= 15 is 0 Å². The number of aromatic nitrogens is 1. The van der Waals surface area contributed by atoms with Gasteiger partial charge in [-0.1, -0.05) is 53.8 Å². The van der Waals surface area contributed by atoms with Gasteiger partial charge in [-0.3, -0.25) is 5.32 Å². The fourth-order valence-electron chi connectivity index (χ4n) is 2.24. The lowest BCUT2D eigenvalue weighted by molar-refractivity contribution is 0.172. The quantitative estimate of drug-likeness (QED) is 0.674. The lowest BCUT2D eigenvalue weighted by Crippen LogP contribution is -2.36. The molecule has 1 atom stereocenters. The van der Waals surface area contributed by atoms with E-state index in [0.717, 1.165) is 15.8 Å². The van der Waals surface area contributed by atoms with Gasteiger partial charge in [0.1, 0.15) is 0 Å². The summed E-state index contributed by atoms with van der Waals surface area (Å²) in [5.74, 6) is 0. The molecule has 0 bridgehead atoms. The summed E-state index contributed by atoms with van der Waals surface area (Å²) in [4.78, 5) is 16.2. The molecule has 3 rings (SSSR count). The number of nitrogens with one attached hydrogen (secondary N) is 2. The lowest BCUT2D eigenvalue weighted by Gasteiger charge is -2.12. The van der Waals surface area contributed by atoms with Crippen LogP contribution >= 0.6 is 11.3 Å². The number of hydrogen-bond donors (Lipinski definition) is 3. The third kappa shape index (κ3) is 4.28. The normalized spacial score (nSPS) is 12.0. The van der Waals surface area contributed by atoms with Crippen LogP contribution in [0.5, 0.6) is 0 Å². The number of carbonyl (C=O) groups excluding carboxylic acids is 1. The summed E-state index contributed by atoms with van der Waals surface area (Å²) in [7, 11) is 0. The lowest BCUT2D eigenvalue weighted by atomic mass is 10.1. The molecule has 2 aromatic carbocycles. The summed E-state index contributed by atoms with van der Waals surface area (Å²) in [6.45, 7) is 0.186. The van der Waals surface area contributed by atoms with Crippen molar-refractivity contribution in [2.24, 2.45) is 0 Å². The zero-order valence-corrected chi connectivity index (χ0v) is 13.2. The van der Waals surface area contributed by atoms with Gasteiger partial charge in [0.15, 0.2) is 5.13 Å². The molecule has 0 aliphatic rings. The van der Waals surface area contributed by atoms with E-state index in [0.29, 0.717) is 11.6 Å². The van der Waals surface area contributed by atoms with Crippen LogP contribution in [0.15, 0.2) is 54.6 Å². The molecule has 3 N–H and O–H groups in total. The van der Waals surface area contributed by atoms with Crippen LogP contribution in [0.2, 0.25) is 0 Å². The molecule has 0 fully saturated rings. The number of aliphatic hydroxyl groups excluding tert-OH is 1. The number of aliphatic hydroxyl groups is 1. The van der Waals surface area contributed by atoms with E-state index in [9.17, 15) is 9.90 Å². The van der Waals surface area contributed by atoms with Gasteiger partial charge in [-0.25, -0.2) is 9.78 Å². The number of benzene rings is 2. The van der Waals surface area contributed by atoms with Crippen molar-refractivity contribution in [2.45, 2.75) is 12.5 Å². The second-order valence-corrected chi connectivity index (χ2v) is 6.20. The molecule has 2 amide bonds. The van der Waals surface area contributed by atoms with Crippen LogP contribution in [0.4, 0.5) is 9.93 Å². The molecule has 0 saturated heterocycles. The third-order valence-electron chi connectivity index (χ3n) is 3.33. The highest BCUT2D eigenvalue weighted by Gasteiger charge is 2.10. The van der Waals surface area contributed by atoms with Gasteiger partial charge in [0.2, 0.25) is 0 Å². The van der Waals surface area contributed by atoms with Crippen molar-refractivity contribution in [2.75, 3.05) is 11.9 Å². The number of hydrogen-bond acceptors (Lipinski definition) is 4. The highest BCUT2D eigenvalue weighted by molar-refractivity contribution is 7.22. The minimum atomic E-state index is -0.626. The smallest absolute Gasteiger partial charge is 0.321 e. The summed E-state index contributed by atoms with van der Waals surface area (Å²) >= 11 is 1.42. The number of para-hydroxylation sites is 1. The van der Waals surface area contributed by atoms with Crippen molar-refractivity contribution < 1.29 is 9.90 Å². The maximum Gasteiger partial charge on any atom is 0.321 e. The zero-order chi connectivity index (χ0) is 16.1. The summed E-state index contributed by atoms with van der Waals surface area (Å²) in [5.41, 5.74) is 1.89. The fourth-order valence-corrected chi connectivity index (χ4v) is 3.10. The highest BCUT2D eigenvalue weighted by atomic mass is 32.1. The molecule has 1 heterocycles. The van der Waals surface area contributed by atoms with E-state index < -0.39 is 6.10 Å². The zero-order valence-electron chi connectivity index (χ0n) is 12.4. The fraction of sp³-hybridized carbons (Fsp3) is 0.176. The van der Waals surface area contributed by atoms with Crippen LogP contribution in [0, 0.1) is 0 Å². The molecule has 0 aliphatic heterocycles. The number of fused-ring (bicyclic) bond motifs is 1. The Morgan fingerprint density at radius 3 is 2.65 bits per heavy atom. The molecule has 5 nitrogen and oxygen atoms in total. The van der Waals surface area contributed by atoms with Crippen molar-refractivity contribution in [1.82, 2.24) is 10.3 Å². The summed E-state index contributed by atoms with van der Waals surface area (Å²) in [5, 5.41) is 15.9. The molecular weight excluding hydrogens is 310 g/mol. The van der Waals surface area contributed by atoms with Crippen molar-refractivity contribution in [3.63, 3.8) is 0 Å². The molecule has 0 spiro atoms. The summed E-state index contributed by atoms with van der Waals surface area (Å²) < 4.78 is 1.02. The van der Waals surface area contributed by atoms with Crippen LogP contribution in [0.25, 0.3) is 10.2 Å². The Morgan fingerprint density at radius 2 is 1.87 bits per heavy atom. The van der Waals surface area contributed by atoms with Crippen LogP contribution < -0.4 is 10.6 Å². The Bertz CT molecular complexity index is 756. The molecular formula is C17H17N3O2S. The minimum absolute atomic E-state index is 0.186. The first kappa shape index (κ1) is 15.5. The topological polar surface area (TPSA) is 74.2 Å². The maximum atomic E-state index is 11.9. The largest absolute Gasteiger partial charge is 0.391 e. The molecule has 1 unspecified atom stereocenters. The average molecular weight is 327 g/mol. The number of amides is 2. The monoisotopic (exact) mass is 327 g/mol. The molecule has 3 aromatic rings. The average Bonchev–Trinajstić information content (AvgIpc) is 2.96.